The van der Waals surface area contributed by atoms with Crippen molar-refractivity contribution < 1.29 is 4.79 Å². The van der Waals surface area contributed by atoms with Crippen LogP contribution in [0.15, 0.2) is 30.6 Å². The molecule has 0 saturated carbocycles. The molecule has 0 aliphatic rings. The van der Waals surface area contributed by atoms with Crippen LogP contribution < -0.4 is 11.1 Å². The van der Waals surface area contributed by atoms with Crippen molar-refractivity contribution in [3.8, 4) is 5.69 Å². The molecule has 1 aromatic heterocycles. The molecule has 5 heteroatoms. The number of imidazole rings is 1. The Morgan fingerprint density at radius 3 is 2.94 bits per heavy atom. The Kier molecular flexibility index (Phi) is 3.32. The summed E-state index contributed by atoms with van der Waals surface area (Å²) in [6.45, 7) is 2.02. The van der Waals surface area contributed by atoms with Gasteiger partial charge in [-0.1, -0.05) is 6.92 Å². The predicted octanol–water partition coefficient (Wildman–Crippen LogP) is 1.38. The van der Waals surface area contributed by atoms with E-state index in [1.807, 2.05) is 17.7 Å². The molecular weight excluding hydrogens is 228 g/mol. The highest BCUT2D eigenvalue weighted by molar-refractivity contribution is 5.98. The largest absolute Gasteiger partial charge is 0.399 e. The van der Waals surface area contributed by atoms with Crippen LogP contribution in [0.25, 0.3) is 5.69 Å². The minimum Gasteiger partial charge on any atom is -0.399 e. The lowest BCUT2D eigenvalue weighted by molar-refractivity contribution is 0.0963. The number of anilines is 1. The summed E-state index contributed by atoms with van der Waals surface area (Å²) in [4.78, 5) is 16.1. The molecule has 94 valence electrons. The van der Waals surface area contributed by atoms with E-state index < -0.39 is 0 Å². The second-order valence-electron chi connectivity index (χ2n) is 3.92. The van der Waals surface area contributed by atoms with Crippen molar-refractivity contribution in [1.29, 1.82) is 0 Å². The van der Waals surface area contributed by atoms with Gasteiger partial charge in [-0.2, -0.15) is 0 Å². The average molecular weight is 244 g/mol. The van der Waals surface area contributed by atoms with Gasteiger partial charge in [-0.3, -0.25) is 4.79 Å². The number of aryl methyl sites for hydroxylation is 1. The van der Waals surface area contributed by atoms with Crippen LogP contribution in [0, 0.1) is 0 Å². The second kappa shape index (κ2) is 4.91. The summed E-state index contributed by atoms with van der Waals surface area (Å²) in [5, 5.41) is 2.63. The van der Waals surface area contributed by atoms with Crippen LogP contribution in [0.5, 0.6) is 0 Å². The lowest BCUT2D eigenvalue weighted by Crippen LogP contribution is -2.20. The first kappa shape index (κ1) is 12.2. The number of benzene rings is 1. The van der Waals surface area contributed by atoms with Crippen LogP contribution in [0.3, 0.4) is 0 Å². The van der Waals surface area contributed by atoms with Gasteiger partial charge in [-0.25, -0.2) is 4.98 Å². The SMILES string of the molecule is CCc1nccn1-c1cc(N)ccc1C(=O)NC. The number of carbonyl (C=O) groups is 1. The first-order valence-electron chi connectivity index (χ1n) is 5.81. The summed E-state index contributed by atoms with van der Waals surface area (Å²) in [5.41, 5.74) is 7.76. The first-order valence-corrected chi connectivity index (χ1v) is 5.81. The topological polar surface area (TPSA) is 72.9 Å². The van der Waals surface area contributed by atoms with Crippen molar-refractivity contribution >= 4 is 11.6 Å². The van der Waals surface area contributed by atoms with E-state index >= 15 is 0 Å². The van der Waals surface area contributed by atoms with E-state index in [0.717, 1.165) is 17.9 Å². The Bertz CT molecular complexity index is 574. The minimum absolute atomic E-state index is 0.138. The van der Waals surface area contributed by atoms with Gasteiger partial charge in [-0.15, -0.1) is 0 Å². The van der Waals surface area contributed by atoms with Gasteiger partial charge >= 0.3 is 0 Å². The van der Waals surface area contributed by atoms with Crippen LogP contribution in [0.2, 0.25) is 0 Å². The zero-order valence-electron chi connectivity index (χ0n) is 10.5. The molecule has 0 aliphatic heterocycles. The summed E-state index contributed by atoms with van der Waals surface area (Å²) in [5.74, 6) is 0.756. The maximum absolute atomic E-state index is 11.9. The molecule has 1 amide bonds. The molecular formula is C13H16N4O. The van der Waals surface area contributed by atoms with Crippen molar-refractivity contribution in [3.05, 3.63) is 42.0 Å². The summed E-state index contributed by atoms with van der Waals surface area (Å²) in [7, 11) is 1.61. The third kappa shape index (κ3) is 2.07. The molecule has 5 nitrogen and oxygen atoms in total. The fourth-order valence-electron chi connectivity index (χ4n) is 1.89. The lowest BCUT2D eigenvalue weighted by atomic mass is 10.1. The van der Waals surface area contributed by atoms with Gasteiger partial charge in [0.25, 0.3) is 5.91 Å². The summed E-state index contributed by atoms with van der Waals surface area (Å²) in [6.07, 6.45) is 4.34. The number of nitrogens with one attached hydrogen (secondary N) is 1. The third-order valence-electron chi connectivity index (χ3n) is 2.79. The fourth-order valence-corrected chi connectivity index (χ4v) is 1.89. The first-order chi connectivity index (χ1) is 8.67. The molecule has 1 aromatic carbocycles. The molecule has 0 unspecified atom stereocenters. The van der Waals surface area contributed by atoms with Crippen molar-refractivity contribution in [3.63, 3.8) is 0 Å². The van der Waals surface area contributed by atoms with E-state index in [0.29, 0.717) is 11.3 Å². The second-order valence-corrected chi connectivity index (χ2v) is 3.92. The fraction of sp³-hybridized carbons (Fsp3) is 0.231. The molecule has 0 fully saturated rings. The average Bonchev–Trinajstić information content (AvgIpc) is 2.85. The lowest BCUT2D eigenvalue weighted by Gasteiger charge is -2.12. The van der Waals surface area contributed by atoms with E-state index in [2.05, 4.69) is 10.3 Å². The number of amides is 1. The van der Waals surface area contributed by atoms with Crippen LogP contribution in [0.4, 0.5) is 5.69 Å². The number of nitrogens with two attached hydrogens (primary N) is 1. The normalized spacial score (nSPS) is 10.3. The summed E-state index contributed by atoms with van der Waals surface area (Å²) >= 11 is 0. The van der Waals surface area contributed by atoms with Crippen LogP contribution in [0.1, 0.15) is 23.1 Å². The molecule has 0 aliphatic carbocycles. The van der Waals surface area contributed by atoms with Crippen LogP contribution in [-0.2, 0) is 6.42 Å². The van der Waals surface area contributed by atoms with Gasteiger partial charge in [0.15, 0.2) is 0 Å². The van der Waals surface area contributed by atoms with E-state index in [9.17, 15) is 4.79 Å². The zero-order valence-corrected chi connectivity index (χ0v) is 10.5. The van der Waals surface area contributed by atoms with Gasteiger partial charge in [0.05, 0.1) is 11.3 Å². The van der Waals surface area contributed by atoms with Crippen LogP contribution in [-0.4, -0.2) is 22.5 Å². The Balaban J connectivity index is 2.62. The Hall–Kier alpha value is -2.30. The Labute approximate surface area is 106 Å². The molecule has 0 saturated heterocycles. The number of hydrogen-bond donors (Lipinski definition) is 2. The Morgan fingerprint density at radius 2 is 2.28 bits per heavy atom. The van der Waals surface area contributed by atoms with Gasteiger partial charge in [0.1, 0.15) is 5.82 Å². The molecule has 2 rings (SSSR count). The van der Waals surface area contributed by atoms with E-state index in [1.165, 1.54) is 0 Å². The van der Waals surface area contributed by atoms with Crippen molar-refractivity contribution in [1.82, 2.24) is 14.9 Å². The third-order valence-corrected chi connectivity index (χ3v) is 2.79. The van der Waals surface area contributed by atoms with E-state index in [1.54, 1.807) is 31.4 Å². The highest BCUT2D eigenvalue weighted by Gasteiger charge is 2.13. The molecule has 0 radical (unpaired) electrons. The molecule has 0 bridgehead atoms. The minimum atomic E-state index is -0.138. The van der Waals surface area contributed by atoms with Gasteiger partial charge in [0, 0.05) is 31.5 Å². The number of carbonyl (C=O) groups excluding carboxylic acids is 1. The maximum Gasteiger partial charge on any atom is 0.253 e. The van der Waals surface area contributed by atoms with E-state index in [-0.39, 0.29) is 5.91 Å². The van der Waals surface area contributed by atoms with Gasteiger partial charge in [0.2, 0.25) is 0 Å². The molecule has 0 spiro atoms. The quantitative estimate of drug-likeness (QED) is 0.801. The monoisotopic (exact) mass is 244 g/mol. The highest BCUT2D eigenvalue weighted by atomic mass is 16.1. The van der Waals surface area contributed by atoms with Gasteiger partial charge < -0.3 is 15.6 Å². The molecule has 18 heavy (non-hydrogen) atoms. The summed E-state index contributed by atoms with van der Waals surface area (Å²) < 4.78 is 1.89. The highest BCUT2D eigenvalue weighted by Crippen LogP contribution is 2.20. The van der Waals surface area contributed by atoms with Crippen molar-refractivity contribution in [2.24, 2.45) is 0 Å². The molecule has 3 N–H and O–H groups in total. The molecule has 0 atom stereocenters. The number of aromatic nitrogens is 2. The maximum atomic E-state index is 11.9. The van der Waals surface area contributed by atoms with Gasteiger partial charge in [-0.05, 0) is 18.2 Å². The smallest absolute Gasteiger partial charge is 0.253 e. The Morgan fingerprint density at radius 1 is 1.50 bits per heavy atom. The number of nitrogen functional groups attached to an aromatic ring is 1. The van der Waals surface area contributed by atoms with Crippen LogP contribution >= 0.6 is 0 Å². The van der Waals surface area contributed by atoms with E-state index in [4.69, 9.17) is 5.73 Å². The summed E-state index contributed by atoms with van der Waals surface area (Å²) in [6, 6.07) is 5.23. The van der Waals surface area contributed by atoms with Crippen molar-refractivity contribution in [2.45, 2.75) is 13.3 Å². The standard InChI is InChI=1S/C13H16N4O/c1-3-12-16-6-7-17(12)11-8-9(14)4-5-10(11)13(18)15-2/h4-8H,3,14H2,1-2H3,(H,15,18). The predicted molar refractivity (Wildman–Crippen MR) is 70.7 cm³/mol. The number of rotatable bonds is 3. The van der Waals surface area contributed by atoms with Crippen molar-refractivity contribution in [2.75, 3.05) is 12.8 Å². The zero-order chi connectivity index (χ0) is 13.1. The number of hydrogen-bond acceptors (Lipinski definition) is 3. The molecule has 1 heterocycles. The molecule has 2 aromatic rings. The number of nitrogens with zero attached hydrogens (tertiary/aromatic N) is 2.